The molecule has 2 aromatic rings. The van der Waals surface area contributed by atoms with E-state index in [0.717, 1.165) is 15.4 Å². The number of nitrogens with zero attached hydrogens (tertiary/aromatic N) is 1. The van der Waals surface area contributed by atoms with Crippen LogP contribution in [-0.4, -0.2) is 16.5 Å². The van der Waals surface area contributed by atoms with Gasteiger partial charge in [0, 0.05) is 9.86 Å². The molecule has 1 aromatic heterocycles. The van der Waals surface area contributed by atoms with Gasteiger partial charge >= 0.3 is 0 Å². The van der Waals surface area contributed by atoms with Crippen LogP contribution in [0.3, 0.4) is 0 Å². The molecule has 0 aliphatic rings. The Balaban J connectivity index is 2.63. The first-order chi connectivity index (χ1) is 6.81. The van der Waals surface area contributed by atoms with Gasteiger partial charge in [-0.1, -0.05) is 15.9 Å². The molecule has 0 fully saturated rings. The van der Waals surface area contributed by atoms with Crippen molar-refractivity contribution in [1.29, 1.82) is 0 Å². The molecule has 0 unspecified atom stereocenters. The molecule has 2 rings (SSSR count). The average Bonchev–Trinajstić information content (AvgIpc) is 2.57. The van der Waals surface area contributed by atoms with Gasteiger partial charge in [-0.15, -0.1) is 0 Å². The van der Waals surface area contributed by atoms with E-state index in [1.54, 1.807) is 0 Å². The van der Waals surface area contributed by atoms with Gasteiger partial charge in [0.1, 0.15) is 5.69 Å². The van der Waals surface area contributed by atoms with Crippen molar-refractivity contribution < 1.29 is 4.79 Å². The molecule has 1 N–H and O–H groups in total. The van der Waals surface area contributed by atoms with Crippen LogP contribution < -0.4 is 0 Å². The van der Waals surface area contributed by atoms with Crippen LogP contribution in [0.2, 0.25) is 0 Å². The molecule has 68 valence electrons. The second-order valence-electron chi connectivity index (χ2n) is 2.65. The molecule has 3 nitrogen and oxygen atoms in total. The molecule has 0 saturated heterocycles. The minimum Gasteiger partial charge on any atom is -0.289 e. The largest absolute Gasteiger partial charge is 0.289 e. The Bertz CT molecular complexity index is 548. The lowest BCUT2D eigenvalue weighted by molar-refractivity contribution is -0.103. The van der Waals surface area contributed by atoms with E-state index in [4.69, 9.17) is 0 Å². The van der Waals surface area contributed by atoms with E-state index >= 15 is 0 Å². The molecule has 14 heavy (non-hydrogen) atoms. The lowest BCUT2D eigenvalue weighted by atomic mass is 10.2. The number of aromatic amines is 1. The van der Waals surface area contributed by atoms with Crippen molar-refractivity contribution in [3.05, 3.63) is 28.4 Å². The highest BCUT2D eigenvalue weighted by molar-refractivity contribution is 9.10. The summed E-state index contributed by atoms with van der Waals surface area (Å²) in [5.74, 6) is 5.03. The van der Waals surface area contributed by atoms with Crippen LogP contribution in [0, 0.1) is 11.8 Å². The van der Waals surface area contributed by atoms with Crippen LogP contribution in [0.1, 0.15) is 5.69 Å². The molecule has 0 amide bonds. The van der Waals surface area contributed by atoms with Crippen LogP contribution in [0.15, 0.2) is 22.7 Å². The van der Waals surface area contributed by atoms with Crippen LogP contribution in [0.25, 0.3) is 10.9 Å². The summed E-state index contributed by atoms with van der Waals surface area (Å²) in [5.41, 5.74) is 1.49. The van der Waals surface area contributed by atoms with Crippen molar-refractivity contribution in [2.75, 3.05) is 0 Å². The molecule has 1 heterocycles. The fourth-order valence-corrected chi connectivity index (χ4v) is 1.53. The van der Waals surface area contributed by atoms with Gasteiger partial charge < -0.3 is 0 Å². The van der Waals surface area contributed by atoms with Crippen molar-refractivity contribution >= 4 is 33.1 Å². The second-order valence-corrected chi connectivity index (χ2v) is 3.56. The Kier molecular flexibility index (Phi) is 2.33. The summed E-state index contributed by atoms with van der Waals surface area (Å²) in [7, 11) is 0. The highest BCUT2D eigenvalue weighted by atomic mass is 79.9. The zero-order valence-electron chi connectivity index (χ0n) is 7.04. The predicted molar refractivity (Wildman–Crippen MR) is 56.7 cm³/mol. The van der Waals surface area contributed by atoms with E-state index in [2.05, 4.69) is 38.0 Å². The first kappa shape index (κ1) is 8.97. The van der Waals surface area contributed by atoms with Crippen molar-refractivity contribution in [2.45, 2.75) is 0 Å². The highest BCUT2D eigenvalue weighted by Gasteiger charge is 2.02. The average molecular weight is 249 g/mol. The third kappa shape index (κ3) is 1.54. The molecule has 0 atom stereocenters. The molecule has 0 aliphatic heterocycles. The fraction of sp³-hybridized carbons (Fsp3) is 0. The Hall–Kier alpha value is -1.60. The smallest absolute Gasteiger partial charge is 0.193 e. The van der Waals surface area contributed by atoms with Gasteiger partial charge in [-0.3, -0.25) is 9.89 Å². The van der Waals surface area contributed by atoms with Gasteiger partial charge in [0.15, 0.2) is 6.29 Å². The zero-order chi connectivity index (χ0) is 9.97. The van der Waals surface area contributed by atoms with Crippen molar-refractivity contribution in [3.63, 3.8) is 0 Å². The number of halogens is 1. The standard InChI is InChI=1S/C10H5BrN2O/c11-7-3-4-8-9(2-1-5-14)12-13-10(8)6-7/h3-6H,(H,12,13). The minimum absolute atomic E-state index is 0.561. The first-order valence-corrected chi connectivity index (χ1v) is 4.69. The first-order valence-electron chi connectivity index (χ1n) is 3.90. The van der Waals surface area contributed by atoms with E-state index in [0.29, 0.717) is 12.0 Å². The Morgan fingerprint density at radius 3 is 3.14 bits per heavy atom. The molecule has 0 radical (unpaired) electrons. The third-order valence-corrected chi connectivity index (χ3v) is 2.27. The van der Waals surface area contributed by atoms with Crippen LogP contribution in [-0.2, 0) is 4.79 Å². The van der Waals surface area contributed by atoms with Crippen LogP contribution in [0.5, 0.6) is 0 Å². The van der Waals surface area contributed by atoms with Gasteiger partial charge in [0.25, 0.3) is 0 Å². The number of fused-ring (bicyclic) bond motifs is 1. The molecule has 0 spiro atoms. The maximum absolute atomic E-state index is 10.1. The Morgan fingerprint density at radius 1 is 1.50 bits per heavy atom. The summed E-state index contributed by atoms with van der Waals surface area (Å²) in [4.78, 5) is 10.1. The van der Waals surface area contributed by atoms with Crippen LogP contribution in [0.4, 0.5) is 0 Å². The number of hydrogen-bond donors (Lipinski definition) is 1. The van der Waals surface area contributed by atoms with E-state index in [1.165, 1.54) is 0 Å². The Morgan fingerprint density at radius 2 is 2.36 bits per heavy atom. The summed E-state index contributed by atoms with van der Waals surface area (Å²) < 4.78 is 0.964. The van der Waals surface area contributed by atoms with Crippen molar-refractivity contribution in [2.24, 2.45) is 0 Å². The predicted octanol–water partition coefficient (Wildman–Crippen LogP) is 1.88. The molecule has 0 aliphatic carbocycles. The van der Waals surface area contributed by atoms with Gasteiger partial charge in [-0.25, -0.2) is 0 Å². The van der Waals surface area contributed by atoms with E-state index < -0.39 is 0 Å². The quantitative estimate of drug-likeness (QED) is 0.572. The maximum atomic E-state index is 10.1. The molecule has 1 aromatic carbocycles. The van der Waals surface area contributed by atoms with E-state index in [-0.39, 0.29) is 0 Å². The zero-order valence-corrected chi connectivity index (χ0v) is 8.63. The van der Waals surface area contributed by atoms with Gasteiger partial charge in [0.2, 0.25) is 0 Å². The highest BCUT2D eigenvalue weighted by Crippen LogP contribution is 2.19. The number of carbonyl (C=O) groups excluding carboxylic acids is 1. The van der Waals surface area contributed by atoms with E-state index in [9.17, 15) is 4.79 Å². The van der Waals surface area contributed by atoms with Gasteiger partial charge in [-0.05, 0) is 30.0 Å². The maximum Gasteiger partial charge on any atom is 0.193 e. The number of benzene rings is 1. The number of hydrogen-bond acceptors (Lipinski definition) is 2. The molecule has 4 heteroatoms. The van der Waals surface area contributed by atoms with Crippen molar-refractivity contribution in [1.82, 2.24) is 10.2 Å². The number of aromatic nitrogens is 2. The summed E-state index contributed by atoms with van der Waals surface area (Å²) in [5, 5.41) is 7.75. The second kappa shape index (κ2) is 3.64. The molecular weight excluding hydrogens is 244 g/mol. The van der Waals surface area contributed by atoms with Crippen molar-refractivity contribution in [3.8, 4) is 11.8 Å². The molecule has 0 bridgehead atoms. The minimum atomic E-state index is 0.561. The number of nitrogens with one attached hydrogen (secondary N) is 1. The number of aldehydes is 1. The number of H-pyrrole nitrogens is 1. The van der Waals surface area contributed by atoms with Crippen LogP contribution >= 0.6 is 15.9 Å². The van der Waals surface area contributed by atoms with E-state index in [1.807, 2.05) is 18.2 Å². The fourth-order valence-electron chi connectivity index (χ4n) is 1.18. The lowest BCUT2D eigenvalue weighted by Crippen LogP contribution is -1.74. The molecular formula is C10H5BrN2O. The summed E-state index contributed by atoms with van der Waals surface area (Å²) in [6, 6.07) is 5.69. The monoisotopic (exact) mass is 248 g/mol. The summed E-state index contributed by atoms with van der Waals surface area (Å²) in [6.45, 7) is 0. The lowest BCUT2D eigenvalue weighted by Gasteiger charge is -1.89. The number of carbonyl (C=O) groups is 1. The number of rotatable bonds is 0. The topological polar surface area (TPSA) is 45.8 Å². The molecule has 0 saturated carbocycles. The normalized spacial score (nSPS) is 9.50. The van der Waals surface area contributed by atoms with Gasteiger partial charge in [0.05, 0.1) is 5.52 Å². The Labute approximate surface area is 88.6 Å². The SMILES string of the molecule is O=CC#Cc1[nH]nc2cc(Br)ccc12. The summed E-state index contributed by atoms with van der Waals surface area (Å²) >= 11 is 3.35. The van der Waals surface area contributed by atoms with Gasteiger partial charge in [-0.2, -0.15) is 5.10 Å². The third-order valence-electron chi connectivity index (χ3n) is 1.77. The summed E-state index contributed by atoms with van der Waals surface area (Å²) in [6.07, 6.45) is 0.561.